The summed E-state index contributed by atoms with van der Waals surface area (Å²) in [6.45, 7) is 2.21. The van der Waals surface area contributed by atoms with Crippen molar-refractivity contribution in [2.24, 2.45) is 0 Å². The fourth-order valence-corrected chi connectivity index (χ4v) is 3.98. The average Bonchev–Trinajstić information content (AvgIpc) is 2.93. The zero-order chi connectivity index (χ0) is 26.4. The van der Waals surface area contributed by atoms with Crippen molar-refractivity contribution >= 4 is 17.3 Å². The fraction of sp³-hybridized carbons (Fsp3) is 0.320. The first-order valence-electron chi connectivity index (χ1n) is 11.6. The quantitative estimate of drug-likeness (QED) is 0.259. The van der Waals surface area contributed by atoms with E-state index in [1.165, 1.54) is 20.3 Å². The Morgan fingerprint density at radius 1 is 1.16 bits per heavy atom. The minimum Gasteiger partial charge on any atom is -0.497 e. The summed E-state index contributed by atoms with van der Waals surface area (Å²) in [7, 11) is 2.81. The molecule has 3 aromatic rings. The Morgan fingerprint density at radius 3 is 2.65 bits per heavy atom. The van der Waals surface area contributed by atoms with Gasteiger partial charge in [0.25, 0.3) is 11.2 Å². The van der Waals surface area contributed by atoms with Gasteiger partial charge in [-0.25, -0.2) is 0 Å². The molecule has 194 valence electrons. The highest BCUT2D eigenvalue weighted by molar-refractivity contribution is 5.71. The van der Waals surface area contributed by atoms with Crippen molar-refractivity contribution in [1.82, 2.24) is 15.1 Å². The van der Waals surface area contributed by atoms with Crippen LogP contribution in [0.3, 0.4) is 0 Å². The number of methoxy groups -OCH3 is 2. The maximum Gasteiger partial charge on any atom is 0.319 e. The lowest BCUT2D eigenvalue weighted by Gasteiger charge is -2.29. The van der Waals surface area contributed by atoms with Crippen LogP contribution in [0.15, 0.2) is 53.3 Å². The smallest absolute Gasteiger partial charge is 0.319 e. The number of nitro groups is 1. The van der Waals surface area contributed by atoms with Crippen LogP contribution in [-0.4, -0.2) is 67.7 Å². The number of ether oxygens (including phenoxy) is 3. The highest BCUT2D eigenvalue weighted by Gasteiger charge is 2.23. The molecule has 1 fully saturated rings. The van der Waals surface area contributed by atoms with Crippen molar-refractivity contribution in [1.29, 1.82) is 0 Å². The van der Waals surface area contributed by atoms with Gasteiger partial charge in [-0.2, -0.15) is 9.78 Å². The second-order valence-corrected chi connectivity index (χ2v) is 8.21. The number of nitrogens with one attached hydrogen (secondary N) is 1. The lowest BCUT2D eigenvalue weighted by molar-refractivity contribution is -0.384. The van der Waals surface area contributed by atoms with Gasteiger partial charge in [-0.05, 0) is 30.3 Å². The number of benzene rings is 2. The summed E-state index contributed by atoms with van der Waals surface area (Å²) in [6.07, 6.45) is 0. The molecule has 0 bridgehead atoms. The molecule has 0 radical (unpaired) electrons. The number of nitro benzene ring substituents is 1. The zero-order valence-electron chi connectivity index (χ0n) is 20.5. The molecule has 0 amide bonds. The van der Waals surface area contributed by atoms with Crippen LogP contribution in [0.4, 0.5) is 11.4 Å². The normalized spacial score (nSPS) is 13.3. The third kappa shape index (κ3) is 5.93. The molecule has 0 spiro atoms. The molecule has 1 aliphatic rings. The number of esters is 1. The van der Waals surface area contributed by atoms with E-state index in [1.54, 1.807) is 42.5 Å². The first-order chi connectivity index (χ1) is 17.9. The Bertz CT molecular complexity index is 1350. The number of morpholine rings is 1. The molecule has 1 N–H and O–H groups in total. The Labute approximate surface area is 212 Å². The van der Waals surface area contributed by atoms with E-state index in [0.717, 1.165) is 10.4 Å². The van der Waals surface area contributed by atoms with Gasteiger partial charge in [-0.15, -0.1) is 0 Å². The number of nitrogens with zero attached hydrogens (tertiary/aromatic N) is 4. The molecule has 12 heteroatoms. The number of carbonyl (C=O) groups excluding carboxylic acids is 1. The first kappa shape index (κ1) is 25.8. The minimum atomic E-state index is -0.550. The van der Waals surface area contributed by atoms with Crippen LogP contribution >= 0.6 is 0 Å². The number of carbonyl (C=O) groups is 1. The van der Waals surface area contributed by atoms with Crippen molar-refractivity contribution < 1.29 is 23.9 Å². The summed E-state index contributed by atoms with van der Waals surface area (Å²) in [4.78, 5) is 38.5. The second kappa shape index (κ2) is 11.6. The van der Waals surface area contributed by atoms with Crippen LogP contribution < -0.4 is 20.5 Å². The molecule has 1 aliphatic heterocycles. The molecular weight excluding hydrogens is 482 g/mol. The maximum atomic E-state index is 13.5. The summed E-state index contributed by atoms with van der Waals surface area (Å²) >= 11 is 0. The van der Waals surface area contributed by atoms with Gasteiger partial charge < -0.3 is 24.4 Å². The van der Waals surface area contributed by atoms with Gasteiger partial charge in [0.15, 0.2) is 0 Å². The number of aromatic nitrogens is 2. The number of hydrogen-bond acceptors (Lipinski definition) is 10. The molecule has 1 aromatic heterocycles. The van der Waals surface area contributed by atoms with E-state index in [-0.39, 0.29) is 30.0 Å². The van der Waals surface area contributed by atoms with Crippen molar-refractivity contribution in [2.45, 2.75) is 6.54 Å². The SMILES string of the molecule is COC(=O)CNCc1cc(-c2cccc(OC)c2)nn(-c2cc(N3CCOCC3)ccc2[N+](=O)[O-])c1=O. The predicted molar refractivity (Wildman–Crippen MR) is 135 cm³/mol. The highest BCUT2D eigenvalue weighted by atomic mass is 16.6. The summed E-state index contributed by atoms with van der Waals surface area (Å²) in [5.41, 5.74) is 1.26. The molecular formula is C25H27N5O7. The summed E-state index contributed by atoms with van der Waals surface area (Å²) in [6, 6.07) is 13.3. The van der Waals surface area contributed by atoms with Crippen LogP contribution in [-0.2, 0) is 20.8 Å². The standard InChI is InChI=1S/C25H27N5O7/c1-35-20-5-3-4-17(12-20)21-13-18(15-26-16-24(31)36-2)25(32)29(27-21)23-14-19(6-7-22(23)30(33)34)28-8-10-37-11-9-28/h3-7,12-14,26H,8-11,15-16H2,1-2H3. The van der Waals surface area contributed by atoms with Crippen LogP contribution in [0.1, 0.15) is 5.56 Å². The number of rotatable bonds is 9. The van der Waals surface area contributed by atoms with E-state index in [0.29, 0.717) is 43.3 Å². The van der Waals surface area contributed by atoms with Crippen molar-refractivity contribution in [3.63, 3.8) is 0 Å². The van der Waals surface area contributed by atoms with E-state index in [4.69, 9.17) is 9.47 Å². The summed E-state index contributed by atoms with van der Waals surface area (Å²) < 4.78 is 16.4. The molecule has 37 heavy (non-hydrogen) atoms. The van der Waals surface area contributed by atoms with E-state index >= 15 is 0 Å². The molecule has 0 aliphatic carbocycles. The third-order valence-electron chi connectivity index (χ3n) is 5.92. The Kier molecular flexibility index (Phi) is 8.11. The van der Waals surface area contributed by atoms with Gasteiger partial charge in [0, 0.05) is 42.5 Å². The summed E-state index contributed by atoms with van der Waals surface area (Å²) in [5.74, 6) is 0.0963. The largest absolute Gasteiger partial charge is 0.497 e. The third-order valence-corrected chi connectivity index (χ3v) is 5.92. The average molecular weight is 510 g/mol. The van der Waals surface area contributed by atoms with Crippen molar-refractivity contribution in [3.05, 3.63) is 74.6 Å². The Morgan fingerprint density at radius 2 is 1.95 bits per heavy atom. The summed E-state index contributed by atoms with van der Waals surface area (Å²) in [5, 5.41) is 19.3. The van der Waals surface area contributed by atoms with E-state index in [1.807, 2.05) is 4.90 Å². The molecule has 1 saturated heterocycles. The van der Waals surface area contributed by atoms with Crippen molar-refractivity contribution in [2.75, 3.05) is 52.0 Å². The van der Waals surface area contributed by atoms with Gasteiger partial charge >= 0.3 is 5.97 Å². The Balaban J connectivity index is 1.86. The number of anilines is 1. The molecule has 0 atom stereocenters. The van der Waals surface area contributed by atoms with Crippen LogP contribution in [0, 0.1) is 10.1 Å². The predicted octanol–water partition coefficient (Wildman–Crippen LogP) is 1.92. The van der Waals surface area contributed by atoms with Crippen LogP contribution in [0.25, 0.3) is 16.9 Å². The molecule has 0 saturated carbocycles. The maximum absolute atomic E-state index is 13.5. The topological polar surface area (TPSA) is 138 Å². The molecule has 2 aromatic carbocycles. The fourth-order valence-electron chi connectivity index (χ4n) is 3.98. The van der Waals surface area contributed by atoms with Crippen LogP contribution in [0.2, 0.25) is 0 Å². The molecule has 12 nitrogen and oxygen atoms in total. The lowest BCUT2D eigenvalue weighted by Crippen LogP contribution is -2.36. The molecule has 0 unspecified atom stereocenters. The minimum absolute atomic E-state index is 0.0182. The monoisotopic (exact) mass is 509 g/mol. The van der Waals surface area contributed by atoms with Crippen molar-refractivity contribution in [3.8, 4) is 22.7 Å². The second-order valence-electron chi connectivity index (χ2n) is 8.21. The van der Waals surface area contributed by atoms with Gasteiger partial charge in [-0.3, -0.25) is 19.7 Å². The molecule has 4 rings (SSSR count). The van der Waals surface area contributed by atoms with E-state index in [9.17, 15) is 19.7 Å². The van der Waals surface area contributed by atoms with Gasteiger partial charge in [0.1, 0.15) is 11.4 Å². The van der Waals surface area contributed by atoms with Gasteiger partial charge in [0.2, 0.25) is 0 Å². The zero-order valence-corrected chi connectivity index (χ0v) is 20.5. The van der Waals surface area contributed by atoms with Gasteiger partial charge in [-0.1, -0.05) is 12.1 Å². The van der Waals surface area contributed by atoms with E-state index in [2.05, 4.69) is 15.2 Å². The van der Waals surface area contributed by atoms with Gasteiger partial charge in [0.05, 0.1) is 44.6 Å². The number of hydrogen-bond donors (Lipinski definition) is 1. The van der Waals surface area contributed by atoms with Crippen LogP contribution in [0.5, 0.6) is 5.75 Å². The van der Waals surface area contributed by atoms with E-state index < -0.39 is 16.5 Å². The highest BCUT2D eigenvalue weighted by Crippen LogP contribution is 2.29. The lowest BCUT2D eigenvalue weighted by atomic mass is 10.1. The first-order valence-corrected chi connectivity index (χ1v) is 11.6. The molecule has 2 heterocycles. The Hall–Kier alpha value is -4.29.